The summed E-state index contributed by atoms with van der Waals surface area (Å²) in [5.74, 6) is 0.00736. The fourth-order valence-corrected chi connectivity index (χ4v) is 4.42. The first kappa shape index (κ1) is 22.0. The number of pyridine rings is 1. The van der Waals surface area contributed by atoms with E-state index in [1.165, 1.54) is 10.6 Å². The molecule has 164 valence electrons. The van der Waals surface area contributed by atoms with Crippen LogP contribution in [0.2, 0.25) is 0 Å². The van der Waals surface area contributed by atoms with Crippen LogP contribution in [0.3, 0.4) is 0 Å². The summed E-state index contributed by atoms with van der Waals surface area (Å²) >= 11 is 3.40. The second kappa shape index (κ2) is 8.39. The number of methoxy groups -OCH3 is 1. The van der Waals surface area contributed by atoms with Gasteiger partial charge in [0.15, 0.2) is 5.78 Å². The van der Waals surface area contributed by atoms with Crippen molar-refractivity contribution >= 4 is 33.3 Å². The lowest BCUT2D eigenvalue weighted by molar-refractivity contribution is 0.0909. The number of hydrogen-bond acceptors (Lipinski definition) is 4. The first-order valence-electron chi connectivity index (χ1n) is 10.2. The van der Waals surface area contributed by atoms with E-state index in [-0.39, 0.29) is 16.8 Å². The molecule has 0 radical (unpaired) electrons. The van der Waals surface area contributed by atoms with Crippen molar-refractivity contribution in [1.82, 2.24) is 4.57 Å². The number of ketones is 1. The highest BCUT2D eigenvalue weighted by Gasteiger charge is 2.35. The van der Waals surface area contributed by atoms with Crippen molar-refractivity contribution in [3.8, 4) is 11.4 Å². The molecule has 32 heavy (non-hydrogen) atoms. The predicted molar refractivity (Wildman–Crippen MR) is 127 cm³/mol. The van der Waals surface area contributed by atoms with Gasteiger partial charge in [-0.15, -0.1) is 0 Å². The molecule has 1 heterocycles. The Morgan fingerprint density at radius 2 is 1.75 bits per heavy atom. The van der Waals surface area contributed by atoms with E-state index in [9.17, 15) is 14.4 Å². The molecule has 0 fully saturated rings. The van der Waals surface area contributed by atoms with Crippen molar-refractivity contribution < 1.29 is 14.3 Å². The molecular weight excluding hydrogens is 472 g/mol. The number of carbonyl (C=O) groups is 2. The van der Waals surface area contributed by atoms with Gasteiger partial charge in [0, 0.05) is 27.8 Å². The predicted octanol–water partition coefficient (Wildman–Crippen LogP) is 5.02. The molecule has 3 aromatic rings. The molecule has 0 aliphatic heterocycles. The largest absolute Gasteiger partial charge is 0.497 e. The van der Waals surface area contributed by atoms with E-state index in [2.05, 4.69) is 21.2 Å². The van der Waals surface area contributed by atoms with E-state index in [0.29, 0.717) is 45.7 Å². The Hall–Kier alpha value is -3.19. The smallest absolute Gasteiger partial charge is 0.268 e. The maximum absolute atomic E-state index is 13.6. The lowest BCUT2D eigenvalue weighted by Gasteiger charge is -2.32. The molecule has 0 unspecified atom stereocenters. The van der Waals surface area contributed by atoms with Crippen molar-refractivity contribution in [3.05, 3.63) is 86.2 Å². The number of nitrogens with one attached hydrogen (secondary N) is 1. The van der Waals surface area contributed by atoms with Gasteiger partial charge in [0.25, 0.3) is 11.5 Å². The Bertz CT molecular complexity index is 1280. The second-order valence-electron chi connectivity index (χ2n) is 8.63. The van der Waals surface area contributed by atoms with E-state index < -0.39 is 11.5 Å². The van der Waals surface area contributed by atoms with Crippen LogP contribution in [0.15, 0.2) is 63.9 Å². The van der Waals surface area contributed by atoms with Crippen LogP contribution in [-0.2, 0) is 6.42 Å². The lowest BCUT2D eigenvalue weighted by Crippen LogP contribution is -2.37. The molecule has 1 aliphatic carbocycles. The Kier molecular flexibility index (Phi) is 5.77. The molecule has 0 bridgehead atoms. The van der Waals surface area contributed by atoms with Crippen LogP contribution in [0.4, 0.5) is 5.69 Å². The first-order chi connectivity index (χ1) is 15.2. The van der Waals surface area contributed by atoms with Crippen LogP contribution in [0, 0.1) is 5.41 Å². The number of carbonyl (C=O) groups excluding carboxylic acids is 2. The fraction of sp³-hybridized carbons (Fsp3) is 0.240. The highest BCUT2D eigenvalue weighted by atomic mass is 79.9. The van der Waals surface area contributed by atoms with Gasteiger partial charge in [0.2, 0.25) is 0 Å². The minimum atomic E-state index is -0.565. The first-order valence-corrected chi connectivity index (χ1v) is 11.0. The quantitative estimate of drug-likeness (QED) is 0.552. The minimum absolute atomic E-state index is 0.0755. The summed E-state index contributed by atoms with van der Waals surface area (Å²) in [4.78, 5) is 39.7. The fourth-order valence-electron chi connectivity index (χ4n) is 4.03. The zero-order valence-corrected chi connectivity index (χ0v) is 19.7. The van der Waals surface area contributed by atoms with Gasteiger partial charge in [-0.25, -0.2) is 0 Å². The molecule has 0 saturated heterocycles. The third-order valence-corrected chi connectivity index (χ3v) is 6.28. The van der Waals surface area contributed by atoms with Gasteiger partial charge >= 0.3 is 0 Å². The average molecular weight is 495 g/mol. The molecule has 1 N–H and O–H groups in total. The maximum atomic E-state index is 13.6. The number of ether oxygens (including phenoxy) is 1. The molecular formula is C25H23BrN2O4. The summed E-state index contributed by atoms with van der Waals surface area (Å²) in [6.07, 6.45) is 0.896. The maximum Gasteiger partial charge on any atom is 0.268 e. The van der Waals surface area contributed by atoms with E-state index >= 15 is 0 Å². The number of fused-ring (bicyclic) bond motifs is 1. The van der Waals surface area contributed by atoms with E-state index in [0.717, 1.165) is 0 Å². The third kappa shape index (κ3) is 4.12. The summed E-state index contributed by atoms with van der Waals surface area (Å²) in [5, 5.41) is 2.77. The van der Waals surface area contributed by atoms with Crippen LogP contribution in [0.25, 0.3) is 5.69 Å². The van der Waals surface area contributed by atoms with Crippen molar-refractivity contribution in [3.63, 3.8) is 0 Å². The molecule has 1 aromatic heterocycles. The van der Waals surface area contributed by atoms with E-state index in [1.54, 1.807) is 49.6 Å². The molecule has 0 atom stereocenters. The van der Waals surface area contributed by atoms with Crippen LogP contribution in [0.1, 0.15) is 46.7 Å². The van der Waals surface area contributed by atoms with Crippen LogP contribution in [-0.4, -0.2) is 23.4 Å². The monoisotopic (exact) mass is 494 g/mol. The number of nitrogens with zero attached hydrogens (tertiary/aromatic N) is 1. The number of anilines is 1. The zero-order chi connectivity index (χ0) is 23.0. The number of aromatic nitrogens is 1. The second-order valence-corrected chi connectivity index (χ2v) is 9.49. The molecule has 6 nitrogen and oxygen atoms in total. The molecule has 1 amide bonds. The van der Waals surface area contributed by atoms with E-state index in [4.69, 9.17) is 4.74 Å². The van der Waals surface area contributed by atoms with Gasteiger partial charge in [-0.1, -0.05) is 26.0 Å². The molecule has 7 heteroatoms. The number of rotatable bonds is 4. The number of halogens is 1. The highest BCUT2D eigenvalue weighted by molar-refractivity contribution is 9.10. The standard InChI is InChI=1S/C25H23BrN2O4/c1-25(2)13-21-17(22(29)14-25)12-18(23(30)27-20-7-5-4-6-19(20)26)24(31)28(21)15-8-10-16(32-3)11-9-15/h4-12H,13-14H2,1-3H3,(H,27,30). The topological polar surface area (TPSA) is 77.4 Å². The van der Waals surface area contributed by atoms with Gasteiger partial charge in [0.05, 0.1) is 12.8 Å². The molecule has 1 aliphatic rings. The number of Topliss-reactive ketones (excluding diaryl/α,β-unsaturated/α-hetero) is 1. The Labute approximate surface area is 194 Å². The SMILES string of the molecule is COc1ccc(-n2c3c(cc(C(=O)Nc4ccccc4Br)c2=O)C(=O)CC(C)(C)C3)cc1. The average Bonchev–Trinajstić information content (AvgIpc) is 2.74. The molecule has 4 rings (SSSR count). The lowest BCUT2D eigenvalue weighted by atomic mass is 9.75. The Morgan fingerprint density at radius 3 is 2.41 bits per heavy atom. The van der Waals surface area contributed by atoms with Gasteiger partial charge in [-0.05, 0) is 70.2 Å². The number of benzene rings is 2. The van der Waals surface area contributed by atoms with Gasteiger partial charge in [-0.3, -0.25) is 19.0 Å². The number of hydrogen-bond donors (Lipinski definition) is 1. The normalized spacial score (nSPS) is 14.6. The third-order valence-electron chi connectivity index (χ3n) is 5.59. The van der Waals surface area contributed by atoms with Crippen LogP contribution in [0.5, 0.6) is 5.75 Å². The Morgan fingerprint density at radius 1 is 1.06 bits per heavy atom. The van der Waals surface area contributed by atoms with Crippen molar-refractivity contribution in [2.24, 2.45) is 5.41 Å². The van der Waals surface area contributed by atoms with Gasteiger partial charge in [-0.2, -0.15) is 0 Å². The summed E-state index contributed by atoms with van der Waals surface area (Å²) in [5.41, 5.74) is 1.32. The van der Waals surface area contributed by atoms with Gasteiger partial charge < -0.3 is 10.1 Å². The number of para-hydroxylation sites is 1. The van der Waals surface area contributed by atoms with Crippen molar-refractivity contribution in [1.29, 1.82) is 0 Å². The molecule has 2 aromatic carbocycles. The summed E-state index contributed by atoms with van der Waals surface area (Å²) < 4.78 is 7.41. The Balaban J connectivity index is 1.90. The summed E-state index contributed by atoms with van der Waals surface area (Å²) in [6.45, 7) is 4.01. The molecule has 0 spiro atoms. The number of amides is 1. The minimum Gasteiger partial charge on any atom is -0.497 e. The summed E-state index contributed by atoms with van der Waals surface area (Å²) in [7, 11) is 1.57. The van der Waals surface area contributed by atoms with Crippen LogP contribution >= 0.6 is 15.9 Å². The zero-order valence-electron chi connectivity index (χ0n) is 18.1. The van der Waals surface area contributed by atoms with Crippen molar-refractivity contribution in [2.45, 2.75) is 26.7 Å². The highest BCUT2D eigenvalue weighted by Crippen LogP contribution is 2.35. The van der Waals surface area contributed by atoms with Crippen LogP contribution < -0.4 is 15.6 Å². The van der Waals surface area contributed by atoms with Crippen molar-refractivity contribution in [2.75, 3.05) is 12.4 Å². The summed E-state index contributed by atoms with van der Waals surface area (Å²) in [6, 6.07) is 15.6. The van der Waals surface area contributed by atoms with Gasteiger partial charge in [0.1, 0.15) is 11.3 Å². The molecule has 0 saturated carbocycles. The van der Waals surface area contributed by atoms with E-state index in [1.807, 2.05) is 19.9 Å².